The number of aromatic amines is 1. The lowest BCUT2D eigenvalue weighted by atomic mass is 10.1. The number of anilines is 1. The number of benzene rings is 1. The molecule has 1 fully saturated rings. The Hall–Kier alpha value is -2.27. The van der Waals surface area contributed by atoms with Gasteiger partial charge in [0.15, 0.2) is 11.7 Å². The molecule has 1 aromatic carbocycles. The maximum atomic E-state index is 6.19. The molecule has 0 bridgehead atoms. The summed E-state index contributed by atoms with van der Waals surface area (Å²) in [6.45, 7) is 6.49. The van der Waals surface area contributed by atoms with Gasteiger partial charge in [0.25, 0.3) is 0 Å². The number of halogens is 2. The van der Waals surface area contributed by atoms with Crippen LogP contribution in [0.1, 0.15) is 11.4 Å². The number of furan rings is 1. The second-order valence-electron chi connectivity index (χ2n) is 7.21. The fraction of sp³-hybridized carbons (Fsp3) is 0.381. The normalized spacial score (nSPS) is 14.5. The van der Waals surface area contributed by atoms with Crippen molar-refractivity contribution in [3.63, 3.8) is 0 Å². The second kappa shape index (κ2) is 10.9. The third-order valence-corrected chi connectivity index (χ3v) is 5.46. The second-order valence-corrected chi connectivity index (χ2v) is 7.65. The summed E-state index contributed by atoms with van der Waals surface area (Å²) in [6.07, 6.45) is 2.33. The summed E-state index contributed by atoms with van der Waals surface area (Å²) < 4.78 is 5.33. The van der Waals surface area contributed by atoms with Crippen LogP contribution in [0.3, 0.4) is 0 Å². The van der Waals surface area contributed by atoms with Crippen molar-refractivity contribution >= 4 is 47.2 Å². The molecule has 1 aliphatic heterocycles. The molecule has 0 spiro atoms. The highest BCUT2D eigenvalue weighted by molar-refractivity contribution is 14.0. The summed E-state index contributed by atoms with van der Waals surface area (Å²) in [5.74, 6) is 2.95. The van der Waals surface area contributed by atoms with Crippen LogP contribution in [0.4, 0.5) is 5.69 Å². The quantitative estimate of drug-likeness (QED) is 0.284. The zero-order valence-electron chi connectivity index (χ0n) is 17.6. The third kappa shape index (κ3) is 5.70. The Morgan fingerprint density at radius 3 is 2.77 bits per heavy atom. The Kier molecular flexibility index (Phi) is 8.19. The zero-order chi connectivity index (χ0) is 20.9. The Morgan fingerprint density at radius 2 is 2.06 bits per heavy atom. The number of hydrogen-bond donors (Lipinski definition) is 2. The molecule has 31 heavy (non-hydrogen) atoms. The number of rotatable bonds is 5. The van der Waals surface area contributed by atoms with Crippen molar-refractivity contribution in [1.82, 2.24) is 25.4 Å². The molecule has 8 nitrogen and oxygen atoms in total. The molecule has 166 valence electrons. The average molecular weight is 556 g/mol. The van der Waals surface area contributed by atoms with E-state index in [-0.39, 0.29) is 24.0 Å². The number of aryl methyl sites for hydroxylation is 1. The van der Waals surface area contributed by atoms with Crippen LogP contribution in [0.15, 0.2) is 46.0 Å². The molecule has 2 N–H and O–H groups in total. The number of aliphatic imine (C=N–C) groups is 1. The molecule has 3 heterocycles. The minimum atomic E-state index is 0. The highest BCUT2D eigenvalue weighted by Gasteiger charge is 2.21. The van der Waals surface area contributed by atoms with Crippen molar-refractivity contribution in [2.45, 2.75) is 13.3 Å². The van der Waals surface area contributed by atoms with Crippen molar-refractivity contribution in [3.05, 3.63) is 53.0 Å². The standard InChI is InChI=1S/C21H26ClN7O.HI/c1-15-5-6-16(22)14-17(15)28-9-11-29(12-10-28)21(23-2)24-8-7-19-25-20(27-26-19)18-4-3-13-30-18;/h3-6,13-14H,7-12H2,1-2H3,(H,23,24)(H,25,26,27);1H. The van der Waals surface area contributed by atoms with Crippen molar-refractivity contribution in [1.29, 1.82) is 0 Å². The maximum absolute atomic E-state index is 6.19. The van der Waals surface area contributed by atoms with Gasteiger partial charge in [-0.05, 0) is 36.8 Å². The molecule has 1 saturated heterocycles. The van der Waals surface area contributed by atoms with Crippen LogP contribution in [0.25, 0.3) is 11.6 Å². The summed E-state index contributed by atoms with van der Waals surface area (Å²) in [7, 11) is 1.82. The molecule has 0 unspecified atom stereocenters. The number of nitrogens with zero attached hydrogens (tertiary/aromatic N) is 5. The first-order valence-electron chi connectivity index (χ1n) is 10.1. The van der Waals surface area contributed by atoms with Crippen molar-refractivity contribution in [2.75, 3.05) is 44.7 Å². The topological polar surface area (TPSA) is 85.6 Å². The van der Waals surface area contributed by atoms with Crippen LogP contribution < -0.4 is 10.2 Å². The van der Waals surface area contributed by atoms with Crippen LogP contribution in [0, 0.1) is 6.92 Å². The van der Waals surface area contributed by atoms with Gasteiger partial charge in [0, 0.05) is 56.9 Å². The fourth-order valence-electron chi connectivity index (χ4n) is 3.63. The molecule has 4 rings (SSSR count). The van der Waals surface area contributed by atoms with E-state index in [1.165, 1.54) is 11.3 Å². The first kappa shape index (κ1) is 23.4. The lowest BCUT2D eigenvalue weighted by molar-refractivity contribution is 0.372. The van der Waals surface area contributed by atoms with Crippen molar-refractivity contribution < 1.29 is 4.42 Å². The van der Waals surface area contributed by atoms with E-state index in [1.807, 2.05) is 31.3 Å². The Labute approximate surface area is 204 Å². The maximum Gasteiger partial charge on any atom is 0.216 e. The van der Waals surface area contributed by atoms with Gasteiger partial charge in [-0.2, -0.15) is 5.10 Å². The van der Waals surface area contributed by atoms with Gasteiger partial charge < -0.3 is 19.5 Å². The van der Waals surface area contributed by atoms with Gasteiger partial charge in [0.05, 0.1) is 6.26 Å². The van der Waals surface area contributed by atoms with Gasteiger partial charge in [0.1, 0.15) is 5.82 Å². The van der Waals surface area contributed by atoms with Gasteiger partial charge in [0.2, 0.25) is 5.82 Å². The van der Waals surface area contributed by atoms with Gasteiger partial charge in [-0.3, -0.25) is 10.1 Å². The zero-order valence-corrected chi connectivity index (χ0v) is 20.7. The first-order valence-corrected chi connectivity index (χ1v) is 10.4. The van der Waals surface area contributed by atoms with Gasteiger partial charge in [-0.25, -0.2) is 4.98 Å². The largest absolute Gasteiger partial charge is 0.461 e. The molecule has 0 amide bonds. The van der Waals surface area contributed by atoms with Crippen LogP contribution in [0.5, 0.6) is 0 Å². The third-order valence-electron chi connectivity index (χ3n) is 5.22. The summed E-state index contributed by atoms with van der Waals surface area (Å²) in [6, 6.07) is 9.73. The number of nitrogens with one attached hydrogen (secondary N) is 2. The number of piperazine rings is 1. The van der Waals surface area contributed by atoms with Crippen LogP contribution >= 0.6 is 35.6 Å². The molecule has 2 aromatic heterocycles. The van der Waals surface area contributed by atoms with Crippen LogP contribution in [-0.2, 0) is 6.42 Å². The van der Waals surface area contributed by atoms with Crippen LogP contribution in [0.2, 0.25) is 5.02 Å². The smallest absolute Gasteiger partial charge is 0.216 e. The summed E-state index contributed by atoms with van der Waals surface area (Å²) in [5.41, 5.74) is 2.46. The summed E-state index contributed by atoms with van der Waals surface area (Å²) in [4.78, 5) is 13.6. The number of hydrogen-bond acceptors (Lipinski definition) is 5. The molecular weight excluding hydrogens is 529 g/mol. The molecule has 1 aliphatic rings. The Morgan fingerprint density at radius 1 is 1.26 bits per heavy atom. The Bertz CT molecular complexity index is 997. The van der Waals surface area contributed by atoms with E-state index in [0.29, 0.717) is 24.6 Å². The minimum Gasteiger partial charge on any atom is -0.461 e. The monoisotopic (exact) mass is 555 g/mol. The number of aromatic nitrogens is 3. The molecule has 0 saturated carbocycles. The molecule has 0 atom stereocenters. The van der Waals surface area contributed by atoms with E-state index in [4.69, 9.17) is 16.0 Å². The first-order chi connectivity index (χ1) is 14.6. The van der Waals surface area contributed by atoms with Gasteiger partial charge in [-0.1, -0.05) is 17.7 Å². The summed E-state index contributed by atoms with van der Waals surface area (Å²) >= 11 is 6.19. The van der Waals surface area contributed by atoms with E-state index < -0.39 is 0 Å². The van der Waals surface area contributed by atoms with E-state index in [1.54, 1.807) is 6.26 Å². The highest BCUT2D eigenvalue weighted by Crippen LogP contribution is 2.25. The predicted octanol–water partition coefficient (Wildman–Crippen LogP) is 3.58. The molecule has 0 radical (unpaired) electrons. The van der Waals surface area contributed by atoms with Crippen molar-refractivity contribution in [3.8, 4) is 11.6 Å². The number of H-pyrrole nitrogens is 1. The minimum absolute atomic E-state index is 0. The van der Waals surface area contributed by atoms with E-state index in [2.05, 4.69) is 48.3 Å². The Balaban J connectivity index is 0.00000272. The van der Waals surface area contributed by atoms with E-state index in [9.17, 15) is 0 Å². The summed E-state index contributed by atoms with van der Waals surface area (Å²) in [5, 5.41) is 11.4. The average Bonchev–Trinajstić information content (AvgIpc) is 3.45. The lowest BCUT2D eigenvalue weighted by Gasteiger charge is -2.38. The van der Waals surface area contributed by atoms with E-state index in [0.717, 1.165) is 43.0 Å². The number of guanidine groups is 1. The van der Waals surface area contributed by atoms with Gasteiger partial charge in [-0.15, -0.1) is 24.0 Å². The SMILES string of the molecule is CN=C(NCCc1nc(-c2ccco2)n[nH]1)N1CCN(c2cc(Cl)ccc2C)CC1.I. The highest BCUT2D eigenvalue weighted by atomic mass is 127. The molecular formula is C21H27ClIN7O. The van der Waals surface area contributed by atoms with E-state index >= 15 is 0 Å². The fourth-order valence-corrected chi connectivity index (χ4v) is 3.80. The molecule has 3 aromatic rings. The van der Waals surface area contributed by atoms with Gasteiger partial charge >= 0.3 is 0 Å². The van der Waals surface area contributed by atoms with Crippen molar-refractivity contribution in [2.24, 2.45) is 4.99 Å². The predicted molar refractivity (Wildman–Crippen MR) is 135 cm³/mol. The van der Waals surface area contributed by atoms with Crippen LogP contribution in [-0.4, -0.2) is 65.8 Å². The molecule has 10 heteroatoms. The molecule has 0 aliphatic carbocycles. The lowest BCUT2D eigenvalue weighted by Crippen LogP contribution is -2.53.